The van der Waals surface area contributed by atoms with Crippen LogP contribution < -0.4 is 5.32 Å². The number of hydrogen-bond donors (Lipinski definition) is 1. The average Bonchev–Trinajstić information content (AvgIpc) is 2.27. The van der Waals surface area contributed by atoms with Gasteiger partial charge in [0.15, 0.2) is 0 Å². The van der Waals surface area contributed by atoms with Gasteiger partial charge in [-0.2, -0.15) is 26.3 Å². The van der Waals surface area contributed by atoms with Crippen LogP contribution in [-0.4, -0.2) is 25.9 Å². The van der Waals surface area contributed by atoms with E-state index >= 15 is 0 Å². The lowest BCUT2D eigenvalue weighted by atomic mass is 10.1. The van der Waals surface area contributed by atoms with Gasteiger partial charge in [-0.1, -0.05) is 17.7 Å². The maximum absolute atomic E-state index is 12.7. The predicted molar refractivity (Wildman–Crippen MR) is 61.8 cm³/mol. The van der Waals surface area contributed by atoms with Gasteiger partial charge in [0, 0.05) is 6.54 Å². The molecule has 20 heavy (non-hydrogen) atoms. The molecule has 0 saturated carbocycles. The summed E-state index contributed by atoms with van der Waals surface area (Å²) >= 11 is 5.64. The Morgan fingerprint density at radius 3 is 2.30 bits per heavy atom. The highest BCUT2D eigenvalue weighted by Crippen LogP contribution is 2.38. The van der Waals surface area contributed by atoms with Crippen molar-refractivity contribution in [3.8, 4) is 0 Å². The number of alkyl halides is 6. The summed E-state index contributed by atoms with van der Waals surface area (Å²) in [4.78, 5) is 0. The maximum Gasteiger partial charge on any atom is 0.418 e. The Bertz CT molecular complexity index is 446. The monoisotopic (exact) mass is 321 g/mol. The smallest absolute Gasteiger partial charge is 0.381 e. The third kappa shape index (κ3) is 5.46. The minimum atomic E-state index is -4.61. The Morgan fingerprint density at radius 1 is 1.10 bits per heavy atom. The van der Waals surface area contributed by atoms with E-state index in [9.17, 15) is 26.3 Å². The fourth-order valence-electron chi connectivity index (χ4n) is 1.38. The Morgan fingerprint density at radius 2 is 1.75 bits per heavy atom. The summed E-state index contributed by atoms with van der Waals surface area (Å²) in [7, 11) is 0. The lowest BCUT2D eigenvalue weighted by molar-refractivity contribution is -0.172. The van der Waals surface area contributed by atoms with Gasteiger partial charge in [-0.15, -0.1) is 0 Å². The van der Waals surface area contributed by atoms with Gasteiger partial charge in [0.2, 0.25) is 0 Å². The molecule has 0 aromatic heterocycles. The zero-order valence-corrected chi connectivity index (χ0v) is 10.7. The summed E-state index contributed by atoms with van der Waals surface area (Å²) in [6.45, 7) is -2.09. The normalized spacial score (nSPS) is 12.6. The van der Waals surface area contributed by atoms with Gasteiger partial charge in [-0.05, 0) is 12.1 Å². The van der Waals surface area contributed by atoms with Crippen molar-refractivity contribution >= 4 is 17.3 Å². The molecule has 0 unspecified atom stereocenters. The Balaban J connectivity index is 2.60. The van der Waals surface area contributed by atoms with Gasteiger partial charge in [-0.25, -0.2) is 0 Å². The quantitative estimate of drug-likeness (QED) is 0.643. The van der Waals surface area contributed by atoms with E-state index < -0.39 is 31.1 Å². The minimum Gasteiger partial charge on any atom is -0.381 e. The number of para-hydroxylation sites is 1. The molecule has 0 aliphatic rings. The highest BCUT2D eigenvalue weighted by atomic mass is 35.5. The van der Waals surface area contributed by atoms with Crippen LogP contribution in [0.2, 0.25) is 5.02 Å². The van der Waals surface area contributed by atoms with E-state index in [2.05, 4.69) is 10.1 Å². The van der Waals surface area contributed by atoms with Gasteiger partial charge in [0.25, 0.3) is 0 Å². The van der Waals surface area contributed by atoms with Crippen LogP contribution in [0.3, 0.4) is 0 Å². The molecule has 114 valence electrons. The predicted octanol–water partition coefficient (Wildman–Crippen LogP) is 4.35. The molecule has 0 spiro atoms. The fourth-order valence-corrected chi connectivity index (χ4v) is 1.62. The van der Waals surface area contributed by atoms with Crippen molar-refractivity contribution in [3.63, 3.8) is 0 Å². The maximum atomic E-state index is 12.7. The SMILES string of the molecule is FC(F)(F)COCCNc1c(Cl)cccc1C(F)(F)F. The van der Waals surface area contributed by atoms with Gasteiger partial charge < -0.3 is 10.1 Å². The van der Waals surface area contributed by atoms with Crippen LogP contribution in [0.25, 0.3) is 0 Å². The summed E-state index contributed by atoms with van der Waals surface area (Å²) in [5.41, 5.74) is -1.36. The molecule has 0 aliphatic heterocycles. The Hall–Kier alpha value is -1.15. The number of nitrogens with one attached hydrogen (secondary N) is 1. The molecule has 0 saturated heterocycles. The number of rotatable bonds is 5. The number of ether oxygens (including phenoxy) is 1. The first-order chi connectivity index (χ1) is 9.11. The van der Waals surface area contributed by atoms with Gasteiger partial charge in [0.1, 0.15) is 6.61 Å². The summed E-state index contributed by atoms with van der Waals surface area (Å²) in [6, 6.07) is 3.21. The summed E-state index contributed by atoms with van der Waals surface area (Å²) in [5.74, 6) is 0. The molecule has 1 aromatic carbocycles. The van der Waals surface area contributed by atoms with Crippen molar-refractivity contribution in [2.75, 3.05) is 25.1 Å². The van der Waals surface area contributed by atoms with E-state index in [4.69, 9.17) is 11.6 Å². The largest absolute Gasteiger partial charge is 0.418 e. The van der Waals surface area contributed by atoms with Crippen LogP contribution in [-0.2, 0) is 10.9 Å². The van der Waals surface area contributed by atoms with Crippen molar-refractivity contribution in [2.45, 2.75) is 12.4 Å². The van der Waals surface area contributed by atoms with E-state index in [1.807, 2.05) is 0 Å². The van der Waals surface area contributed by atoms with E-state index in [0.717, 1.165) is 12.1 Å². The number of benzene rings is 1. The van der Waals surface area contributed by atoms with Crippen molar-refractivity contribution in [3.05, 3.63) is 28.8 Å². The van der Waals surface area contributed by atoms with Crippen LogP contribution >= 0.6 is 11.6 Å². The number of hydrogen-bond acceptors (Lipinski definition) is 2. The van der Waals surface area contributed by atoms with E-state index in [1.165, 1.54) is 6.07 Å². The third-order valence-corrected chi connectivity index (χ3v) is 2.45. The highest BCUT2D eigenvalue weighted by Gasteiger charge is 2.34. The Labute approximate surface area is 115 Å². The molecule has 2 nitrogen and oxygen atoms in total. The van der Waals surface area contributed by atoms with Crippen LogP contribution in [0, 0.1) is 0 Å². The first-order valence-electron chi connectivity index (χ1n) is 5.35. The van der Waals surface area contributed by atoms with Crippen molar-refractivity contribution < 1.29 is 31.1 Å². The lowest BCUT2D eigenvalue weighted by Crippen LogP contribution is -2.21. The molecular weight excluding hydrogens is 312 g/mol. The molecule has 0 aliphatic carbocycles. The molecule has 0 heterocycles. The van der Waals surface area contributed by atoms with Gasteiger partial charge in [-0.3, -0.25) is 0 Å². The molecular formula is C11H10ClF6NO. The standard InChI is InChI=1S/C11H10ClF6NO/c12-8-3-1-2-7(11(16,17)18)9(8)19-4-5-20-6-10(13,14)15/h1-3,19H,4-6H2. The third-order valence-electron chi connectivity index (χ3n) is 2.13. The first-order valence-corrected chi connectivity index (χ1v) is 5.73. The molecule has 0 radical (unpaired) electrons. The Kier molecular flexibility index (Phi) is 5.52. The first kappa shape index (κ1) is 16.9. The van der Waals surface area contributed by atoms with Crippen molar-refractivity contribution in [2.24, 2.45) is 0 Å². The molecule has 0 bridgehead atoms. The van der Waals surface area contributed by atoms with E-state index in [1.54, 1.807) is 0 Å². The fraction of sp³-hybridized carbons (Fsp3) is 0.455. The summed E-state index contributed by atoms with van der Waals surface area (Å²) < 4.78 is 77.6. The highest BCUT2D eigenvalue weighted by molar-refractivity contribution is 6.33. The topological polar surface area (TPSA) is 21.3 Å². The van der Waals surface area contributed by atoms with Gasteiger partial charge >= 0.3 is 12.4 Å². The second-order valence-electron chi connectivity index (χ2n) is 3.75. The van der Waals surface area contributed by atoms with Crippen LogP contribution in [0.1, 0.15) is 5.56 Å². The summed E-state index contributed by atoms with van der Waals surface area (Å²) in [6.07, 6.45) is -9.08. The second kappa shape index (κ2) is 6.53. The molecule has 0 amide bonds. The lowest BCUT2D eigenvalue weighted by Gasteiger charge is -2.16. The van der Waals surface area contributed by atoms with Crippen molar-refractivity contribution in [1.82, 2.24) is 0 Å². The molecule has 1 rings (SSSR count). The van der Waals surface area contributed by atoms with E-state index in [-0.39, 0.29) is 17.3 Å². The minimum absolute atomic E-state index is 0.171. The number of anilines is 1. The van der Waals surface area contributed by atoms with Crippen LogP contribution in [0.5, 0.6) is 0 Å². The zero-order valence-electron chi connectivity index (χ0n) is 9.91. The molecule has 0 atom stereocenters. The van der Waals surface area contributed by atoms with Crippen molar-refractivity contribution in [1.29, 1.82) is 0 Å². The molecule has 9 heteroatoms. The molecule has 1 N–H and O–H groups in total. The molecule has 0 fully saturated rings. The van der Waals surface area contributed by atoms with Gasteiger partial charge in [0.05, 0.1) is 22.9 Å². The number of halogens is 7. The van der Waals surface area contributed by atoms with E-state index in [0.29, 0.717) is 0 Å². The van der Waals surface area contributed by atoms with Crippen LogP contribution in [0.15, 0.2) is 18.2 Å². The average molecular weight is 322 g/mol. The second-order valence-corrected chi connectivity index (χ2v) is 4.16. The molecule has 1 aromatic rings. The summed E-state index contributed by atoms with van der Waals surface area (Å²) in [5, 5.41) is 2.16. The zero-order chi connectivity index (χ0) is 15.4. The van der Waals surface area contributed by atoms with Crippen LogP contribution in [0.4, 0.5) is 32.0 Å².